The summed E-state index contributed by atoms with van der Waals surface area (Å²) in [4.78, 5) is 17.4. The van der Waals surface area contributed by atoms with E-state index in [0.717, 1.165) is 6.42 Å². The van der Waals surface area contributed by atoms with Crippen molar-refractivity contribution < 1.29 is 19.1 Å². The highest BCUT2D eigenvalue weighted by Gasteiger charge is 2.25. The maximum Gasteiger partial charge on any atom is 0.281 e. The van der Waals surface area contributed by atoms with E-state index in [0.29, 0.717) is 30.2 Å². The molecule has 17 heavy (non-hydrogen) atoms. The fourth-order valence-electron chi connectivity index (χ4n) is 1.80. The lowest BCUT2D eigenvalue weighted by atomic mass is 10.1. The van der Waals surface area contributed by atoms with Gasteiger partial charge in [-0.3, -0.25) is 9.63 Å². The average molecular weight is 237 g/mol. The number of hydroxylamine groups is 2. The molecule has 1 saturated heterocycles. The van der Waals surface area contributed by atoms with E-state index in [1.54, 1.807) is 25.3 Å². The summed E-state index contributed by atoms with van der Waals surface area (Å²) in [6.45, 7) is 1.19. The minimum Gasteiger partial charge on any atom is -0.493 e. The van der Waals surface area contributed by atoms with Crippen molar-refractivity contribution >= 4 is 5.91 Å². The van der Waals surface area contributed by atoms with E-state index in [9.17, 15) is 4.79 Å². The highest BCUT2D eigenvalue weighted by Crippen LogP contribution is 2.31. The van der Waals surface area contributed by atoms with Gasteiger partial charge in [0.05, 0.1) is 32.9 Å². The van der Waals surface area contributed by atoms with Gasteiger partial charge in [-0.1, -0.05) is 6.07 Å². The lowest BCUT2D eigenvalue weighted by Gasteiger charge is -2.17. The van der Waals surface area contributed by atoms with Crippen LogP contribution in [0.1, 0.15) is 16.8 Å². The van der Waals surface area contributed by atoms with Crippen molar-refractivity contribution in [2.45, 2.75) is 6.42 Å². The number of carbonyl (C=O) groups is 1. The first-order chi connectivity index (χ1) is 8.27. The van der Waals surface area contributed by atoms with Crippen molar-refractivity contribution in [3.05, 3.63) is 23.8 Å². The van der Waals surface area contributed by atoms with Gasteiger partial charge in [0.1, 0.15) is 0 Å². The molecule has 1 aromatic carbocycles. The third-order valence-corrected chi connectivity index (χ3v) is 2.61. The van der Waals surface area contributed by atoms with E-state index in [1.807, 2.05) is 0 Å². The van der Waals surface area contributed by atoms with Gasteiger partial charge in [-0.2, -0.15) is 0 Å². The number of carbonyl (C=O) groups excluding carboxylic acids is 1. The zero-order valence-corrected chi connectivity index (χ0v) is 9.93. The number of nitrogens with zero attached hydrogens (tertiary/aromatic N) is 1. The fraction of sp³-hybridized carbons (Fsp3) is 0.417. The molecule has 1 heterocycles. The molecule has 1 aliphatic heterocycles. The molecule has 0 aliphatic carbocycles. The van der Waals surface area contributed by atoms with Crippen molar-refractivity contribution in [1.82, 2.24) is 5.06 Å². The van der Waals surface area contributed by atoms with E-state index in [4.69, 9.17) is 14.3 Å². The molecule has 92 valence electrons. The van der Waals surface area contributed by atoms with Gasteiger partial charge in [0.15, 0.2) is 11.5 Å². The van der Waals surface area contributed by atoms with Crippen LogP contribution in [-0.4, -0.2) is 38.3 Å². The van der Waals surface area contributed by atoms with Crippen molar-refractivity contribution in [1.29, 1.82) is 0 Å². The van der Waals surface area contributed by atoms with Crippen molar-refractivity contribution in [2.75, 3.05) is 27.4 Å². The number of methoxy groups -OCH3 is 2. The van der Waals surface area contributed by atoms with Gasteiger partial charge in [0.25, 0.3) is 5.91 Å². The van der Waals surface area contributed by atoms with Crippen LogP contribution in [0.5, 0.6) is 11.5 Å². The minimum atomic E-state index is -0.196. The van der Waals surface area contributed by atoms with Crippen LogP contribution in [0.15, 0.2) is 18.2 Å². The second-order valence-corrected chi connectivity index (χ2v) is 3.64. The normalized spacial score (nSPS) is 14.8. The number of para-hydroxylation sites is 1. The summed E-state index contributed by atoms with van der Waals surface area (Å²) in [6.07, 6.45) is 0.859. The minimum absolute atomic E-state index is 0.196. The van der Waals surface area contributed by atoms with Crippen LogP contribution in [0.4, 0.5) is 0 Å². The Morgan fingerprint density at radius 3 is 2.76 bits per heavy atom. The fourth-order valence-corrected chi connectivity index (χ4v) is 1.80. The van der Waals surface area contributed by atoms with E-state index in [1.165, 1.54) is 12.2 Å². The maximum atomic E-state index is 12.2. The van der Waals surface area contributed by atoms with E-state index in [-0.39, 0.29) is 5.91 Å². The van der Waals surface area contributed by atoms with Crippen LogP contribution in [0, 0.1) is 0 Å². The van der Waals surface area contributed by atoms with Crippen LogP contribution in [-0.2, 0) is 4.84 Å². The Morgan fingerprint density at radius 1 is 1.35 bits per heavy atom. The average Bonchev–Trinajstić information content (AvgIpc) is 2.90. The molecule has 5 heteroatoms. The number of benzene rings is 1. The third-order valence-electron chi connectivity index (χ3n) is 2.61. The number of ether oxygens (including phenoxy) is 2. The Balaban J connectivity index is 2.33. The zero-order chi connectivity index (χ0) is 12.3. The number of rotatable bonds is 3. The van der Waals surface area contributed by atoms with E-state index < -0.39 is 0 Å². The summed E-state index contributed by atoms with van der Waals surface area (Å²) in [5.41, 5.74) is 0.453. The van der Waals surface area contributed by atoms with Crippen molar-refractivity contribution in [3.8, 4) is 11.5 Å². The van der Waals surface area contributed by atoms with Crippen molar-refractivity contribution in [3.63, 3.8) is 0 Å². The monoisotopic (exact) mass is 237 g/mol. The van der Waals surface area contributed by atoms with Gasteiger partial charge in [0, 0.05) is 0 Å². The molecule has 0 unspecified atom stereocenters. The molecule has 0 radical (unpaired) electrons. The predicted molar refractivity (Wildman–Crippen MR) is 61.2 cm³/mol. The SMILES string of the molecule is COc1cccc(C(=O)N2CCCO2)c1OC. The Hall–Kier alpha value is -1.75. The molecule has 1 fully saturated rings. The molecule has 0 aromatic heterocycles. The summed E-state index contributed by atoms with van der Waals surface area (Å²) in [7, 11) is 3.05. The first-order valence-corrected chi connectivity index (χ1v) is 5.43. The van der Waals surface area contributed by atoms with Gasteiger partial charge in [-0.15, -0.1) is 0 Å². The zero-order valence-electron chi connectivity index (χ0n) is 9.93. The standard InChI is InChI=1S/C12H15NO4/c1-15-10-6-3-5-9(11(10)16-2)12(14)13-7-4-8-17-13/h3,5-6H,4,7-8H2,1-2H3. The number of hydrogen-bond donors (Lipinski definition) is 0. The second-order valence-electron chi connectivity index (χ2n) is 3.64. The molecular weight excluding hydrogens is 222 g/mol. The lowest BCUT2D eigenvalue weighted by molar-refractivity contribution is -0.0769. The third kappa shape index (κ3) is 2.19. The van der Waals surface area contributed by atoms with Gasteiger partial charge in [-0.25, -0.2) is 5.06 Å². The second kappa shape index (κ2) is 5.05. The molecule has 0 N–H and O–H groups in total. The van der Waals surface area contributed by atoms with Gasteiger partial charge >= 0.3 is 0 Å². The Morgan fingerprint density at radius 2 is 2.18 bits per heavy atom. The number of amides is 1. The molecular formula is C12H15NO4. The molecule has 1 aliphatic rings. The van der Waals surface area contributed by atoms with Crippen LogP contribution in [0.3, 0.4) is 0 Å². The Bertz CT molecular complexity index is 413. The molecule has 5 nitrogen and oxygen atoms in total. The van der Waals surface area contributed by atoms with Gasteiger partial charge in [0.2, 0.25) is 0 Å². The Labute approximate surface area is 99.8 Å². The summed E-state index contributed by atoms with van der Waals surface area (Å²) < 4.78 is 10.4. The summed E-state index contributed by atoms with van der Waals surface area (Å²) in [6, 6.07) is 5.20. The summed E-state index contributed by atoms with van der Waals surface area (Å²) >= 11 is 0. The molecule has 0 bridgehead atoms. The Kier molecular flexibility index (Phi) is 3.49. The molecule has 1 aromatic rings. The van der Waals surface area contributed by atoms with Crippen LogP contribution < -0.4 is 9.47 Å². The van der Waals surface area contributed by atoms with Crippen LogP contribution in [0.2, 0.25) is 0 Å². The topological polar surface area (TPSA) is 48.0 Å². The number of hydrogen-bond acceptors (Lipinski definition) is 4. The molecule has 0 spiro atoms. The lowest BCUT2D eigenvalue weighted by Crippen LogP contribution is -2.26. The maximum absolute atomic E-state index is 12.2. The van der Waals surface area contributed by atoms with Crippen LogP contribution in [0.25, 0.3) is 0 Å². The van der Waals surface area contributed by atoms with E-state index in [2.05, 4.69) is 0 Å². The van der Waals surface area contributed by atoms with Crippen LogP contribution >= 0.6 is 0 Å². The predicted octanol–water partition coefficient (Wildman–Crippen LogP) is 1.48. The highest BCUT2D eigenvalue weighted by atomic mass is 16.7. The van der Waals surface area contributed by atoms with Gasteiger partial charge in [-0.05, 0) is 18.6 Å². The largest absolute Gasteiger partial charge is 0.493 e. The molecule has 2 rings (SSSR count). The van der Waals surface area contributed by atoms with E-state index >= 15 is 0 Å². The van der Waals surface area contributed by atoms with Gasteiger partial charge < -0.3 is 9.47 Å². The summed E-state index contributed by atoms with van der Waals surface area (Å²) in [5, 5.41) is 1.36. The first-order valence-electron chi connectivity index (χ1n) is 5.43. The highest BCUT2D eigenvalue weighted by molar-refractivity contribution is 5.97. The first kappa shape index (κ1) is 11.7. The smallest absolute Gasteiger partial charge is 0.281 e. The summed E-state index contributed by atoms with van der Waals surface area (Å²) in [5.74, 6) is 0.784. The molecule has 1 amide bonds. The molecule has 0 atom stereocenters. The van der Waals surface area contributed by atoms with Crippen molar-refractivity contribution in [2.24, 2.45) is 0 Å². The molecule has 0 saturated carbocycles. The quantitative estimate of drug-likeness (QED) is 0.799.